The molecule has 0 saturated carbocycles. The van der Waals surface area contributed by atoms with Gasteiger partial charge in [0.2, 0.25) is 15.9 Å². The third-order valence-electron chi connectivity index (χ3n) is 4.45. The summed E-state index contributed by atoms with van der Waals surface area (Å²) < 4.78 is 34.1. The molecule has 2 N–H and O–H groups in total. The Morgan fingerprint density at radius 1 is 1.19 bits per heavy atom. The molecule has 0 fully saturated rings. The molecule has 1 amide bonds. The van der Waals surface area contributed by atoms with Gasteiger partial charge in [-0.3, -0.25) is 9.48 Å². The highest BCUT2D eigenvalue weighted by Gasteiger charge is 2.25. The van der Waals surface area contributed by atoms with Crippen molar-refractivity contribution >= 4 is 15.9 Å². The first kappa shape index (κ1) is 20.9. The van der Waals surface area contributed by atoms with Gasteiger partial charge in [0.05, 0.1) is 29.8 Å². The van der Waals surface area contributed by atoms with Gasteiger partial charge in [-0.2, -0.15) is 9.82 Å². The van der Waals surface area contributed by atoms with E-state index in [1.165, 1.54) is 26.2 Å². The van der Waals surface area contributed by atoms with Crippen LogP contribution in [0.5, 0.6) is 5.75 Å². The fourth-order valence-corrected chi connectivity index (χ4v) is 4.14. The maximum Gasteiger partial charge on any atom is 0.241 e. The number of sulfonamides is 1. The minimum absolute atomic E-state index is 0.0648. The van der Waals surface area contributed by atoms with Gasteiger partial charge in [0.25, 0.3) is 0 Å². The number of hydrogen-bond donors (Lipinski definition) is 2. The average molecular weight is 394 g/mol. The van der Waals surface area contributed by atoms with Crippen LogP contribution in [0.25, 0.3) is 0 Å². The van der Waals surface area contributed by atoms with E-state index < -0.39 is 22.0 Å². The fourth-order valence-electron chi connectivity index (χ4n) is 2.94. The molecule has 2 rings (SSSR count). The zero-order valence-electron chi connectivity index (χ0n) is 16.4. The van der Waals surface area contributed by atoms with Crippen LogP contribution in [0.1, 0.15) is 36.8 Å². The van der Waals surface area contributed by atoms with E-state index in [9.17, 15) is 13.2 Å². The van der Waals surface area contributed by atoms with Gasteiger partial charge in [0, 0.05) is 18.3 Å². The number of carbonyl (C=O) groups excluding carboxylic acids is 1. The Kier molecular flexibility index (Phi) is 6.27. The molecular formula is C18H26N4O4S. The molecule has 9 heteroatoms. The van der Waals surface area contributed by atoms with Gasteiger partial charge < -0.3 is 10.1 Å². The van der Waals surface area contributed by atoms with Crippen LogP contribution in [0.4, 0.5) is 0 Å². The van der Waals surface area contributed by atoms with Gasteiger partial charge >= 0.3 is 0 Å². The highest BCUT2D eigenvalue weighted by Crippen LogP contribution is 2.21. The largest absolute Gasteiger partial charge is 0.497 e. The summed E-state index contributed by atoms with van der Waals surface area (Å²) in [6.07, 6.45) is 0. The van der Waals surface area contributed by atoms with Crippen LogP contribution in [0, 0.1) is 13.8 Å². The topological polar surface area (TPSA) is 102 Å². The Labute approximate surface area is 160 Å². The van der Waals surface area contributed by atoms with Gasteiger partial charge in [0.1, 0.15) is 5.75 Å². The third-order valence-corrected chi connectivity index (χ3v) is 6.01. The Morgan fingerprint density at radius 2 is 1.78 bits per heavy atom. The molecule has 0 spiro atoms. The molecule has 2 atom stereocenters. The molecular weight excluding hydrogens is 368 g/mol. The summed E-state index contributed by atoms with van der Waals surface area (Å²) in [7, 11) is -0.485. The van der Waals surface area contributed by atoms with E-state index in [2.05, 4.69) is 15.1 Å². The lowest BCUT2D eigenvalue weighted by molar-refractivity contribution is -0.123. The SMILES string of the molecule is COc1ccc(S(=O)(=O)N[C@@H](C)C(=O)NC(C)c2c(C)nn(C)c2C)cc1. The number of hydrogen-bond acceptors (Lipinski definition) is 5. The average Bonchev–Trinajstić information content (AvgIpc) is 2.86. The van der Waals surface area contributed by atoms with E-state index >= 15 is 0 Å². The Morgan fingerprint density at radius 3 is 2.26 bits per heavy atom. The second-order valence-corrected chi connectivity index (χ2v) is 8.17. The number of nitrogens with one attached hydrogen (secondary N) is 2. The van der Waals surface area contributed by atoms with Crippen LogP contribution in [-0.2, 0) is 21.9 Å². The lowest BCUT2D eigenvalue weighted by Crippen LogP contribution is -2.45. The Balaban J connectivity index is 2.07. The third kappa shape index (κ3) is 4.67. The van der Waals surface area contributed by atoms with E-state index in [-0.39, 0.29) is 10.9 Å². The maximum atomic E-state index is 12.5. The van der Waals surface area contributed by atoms with E-state index in [1.54, 1.807) is 16.8 Å². The summed E-state index contributed by atoms with van der Waals surface area (Å²) in [6.45, 7) is 7.15. The van der Waals surface area contributed by atoms with Gasteiger partial charge in [0.15, 0.2) is 0 Å². The van der Waals surface area contributed by atoms with Crippen LogP contribution in [0.3, 0.4) is 0 Å². The van der Waals surface area contributed by atoms with Crippen molar-refractivity contribution in [2.24, 2.45) is 7.05 Å². The maximum absolute atomic E-state index is 12.5. The Hall–Kier alpha value is -2.39. The quantitative estimate of drug-likeness (QED) is 0.742. The van der Waals surface area contributed by atoms with Crippen LogP contribution in [0.15, 0.2) is 29.2 Å². The molecule has 0 aliphatic heterocycles. The van der Waals surface area contributed by atoms with E-state index in [0.29, 0.717) is 5.75 Å². The fraction of sp³-hybridized carbons (Fsp3) is 0.444. The first-order chi connectivity index (χ1) is 12.6. The van der Waals surface area contributed by atoms with Crippen molar-refractivity contribution in [3.05, 3.63) is 41.2 Å². The number of benzene rings is 1. The summed E-state index contributed by atoms with van der Waals surface area (Å²) in [6, 6.07) is 4.73. The van der Waals surface area contributed by atoms with Crippen molar-refractivity contribution in [1.82, 2.24) is 19.8 Å². The Bertz CT molecular complexity index is 920. The smallest absolute Gasteiger partial charge is 0.241 e. The second-order valence-electron chi connectivity index (χ2n) is 6.46. The first-order valence-electron chi connectivity index (χ1n) is 8.53. The molecule has 148 valence electrons. The van der Waals surface area contributed by atoms with Crippen molar-refractivity contribution in [3.8, 4) is 5.75 Å². The summed E-state index contributed by atoms with van der Waals surface area (Å²) in [5.74, 6) is 0.137. The van der Waals surface area contributed by atoms with Gasteiger partial charge in [-0.05, 0) is 52.0 Å². The molecule has 0 bridgehead atoms. The summed E-state index contributed by atoms with van der Waals surface area (Å²) in [4.78, 5) is 12.5. The lowest BCUT2D eigenvalue weighted by atomic mass is 10.1. The lowest BCUT2D eigenvalue weighted by Gasteiger charge is -2.19. The molecule has 1 unspecified atom stereocenters. The van der Waals surface area contributed by atoms with Crippen molar-refractivity contribution in [1.29, 1.82) is 0 Å². The van der Waals surface area contributed by atoms with E-state index in [4.69, 9.17) is 4.74 Å². The molecule has 27 heavy (non-hydrogen) atoms. The number of aryl methyl sites for hydroxylation is 2. The van der Waals surface area contributed by atoms with Gasteiger partial charge in [-0.1, -0.05) is 0 Å². The monoisotopic (exact) mass is 394 g/mol. The summed E-state index contributed by atoms with van der Waals surface area (Å²) in [5, 5.41) is 7.18. The number of nitrogens with zero attached hydrogens (tertiary/aromatic N) is 2. The predicted molar refractivity (Wildman–Crippen MR) is 102 cm³/mol. The number of methoxy groups -OCH3 is 1. The highest BCUT2D eigenvalue weighted by molar-refractivity contribution is 7.89. The highest BCUT2D eigenvalue weighted by atomic mass is 32.2. The molecule has 1 aromatic heterocycles. The zero-order chi connectivity index (χ0) is 20.4. The first-order valence-corrected chi connectivity index (χ1v) is 10.0. The molecule has 1 heterocycles. The van der Waals surface area contributed by atoms with Crippen molar-refractivity contribution in [2.75, 3.05) is 7.11 Å². The summed E-state index contributed by atoms with van der Waals surface area (Å²) >= 11 is 0. The molecule has 0 radical (unpaired) electrons. The molecule has 1 aromatic carbocycles. The molecule has 0 aliphatic carbocycles. The molecule has 2 aromatic rings. The number of ether oxygens (including phenoxy) is 1. The minimum atomic E-state index is -3.83. The molecule has 0 aliphatic rings. The molecule has 0 saturated heterocycles. The van der Waals surface area contributed by atoms with Crippen LogP contribution < -0.4 is 14.8 Å². The second kappa shape index (κ2) is 8.10. The number of aromatic nitrogens is 2. The zero-order valence-corrected chi connectivity index (χ0v) is 17.2. The number of carbonyl (C=O) groups is 1. The predicted octanol–water partition coefficient (Wildman–Crippen LogP) is 1.59. The minimum Gasteiger partial charge on any atom is -0.497 e. The molecule has 8 nitrogen and oxygen atoms in total. The van der Waals surface area contributed by atoms with Crippen LogP contribution >= 0.6 is 0 Å². The van der Waals surface area contributed by atoms with Crippen molar-refractivity contribution in [3.63, 3.8) is 0 Å². The normalized spacial score (nSPS) is 13.9. The summed E-state index contributed by atoms with van der Waals surface area (Å²) in [5.41, 5.74) is 2.71. The van der Waals surface area contributed by atoms with Crippen LogP contribution in [-0.4, -0.2) is 37.3 Å². The van der Waals surface area contributed by atoms with Gasteiger partial charge in [-0.25, -0.2) is 8.42 Å². The van der Waals surface area contributed by atoms with E-state index in [0.717, 1.165) is 17.0 Å². The standard InChI is InChI=1S/C18H26N4O4S/c1-11(17-12(2)20-22(5)14(17)4)19-18(23)13(3)21-27(24,25)16-9-7-15(26-6)8-10-16/h7-11,13,21H,1-6H3,(H,19,23)/t11?,13-/m0/s1. The number of amides is 1. The van der Waals surface area contributed by atoms with Gasteiger partial charge in [-0.15, -0.1) is 0 Å². The van der Waals surface area contributed by atoms with Crippen molar-refractivity contribution < 1.29 is 17.9 Å². The van der Waals surface area contributed by atoms with Crippen molar-refractivity contribution in [2.45, 2.75) is 44.7 Å². The number of rotatable bonds is 7. The van der Waals surface area contributed by atoms with E-state index in [1.807, 2.05) is 27.8 Å². The van der Waals surface area contributed by atoms with Crippen LogP contribution in [0.2, 0.25) is 0 Å².